The molecular weight excluding hydrogens is 198 g/mol. The Morgan fingerprint density at radius 2 is 2.12 bits per heavy atom. The third-order valence-corrected chi connectivity index (χ3v) is 2.95. The zero-order valence-electron chi connectivity index (χ0n) is 9.57. The van der Waals surface area contributed by atoms with Crippen molar-refractivity contribution >= 4 is 0 Å². The summed E-state index contributed by atoms with van der Waals surface area (Å²) < 4.78 is 5.90. The van der Waals surface area contributed by atoms with E-state index >= 15 is 0 Å². The molecule has 2 nitrogen and oxygen atoms in total. The van der Waals surface area contributed by atoms with Crippen LogP contribution in [0.1, 0.15) is 18.4 Å². The van der Waals surface area contributed by atoms with Crippen molar-refractivity contribution in [2.75, 3.05) is 20.1 Å². The second-order valence-corrected chi connectivity index (χ2v) is 4.27. The Bertz CT molecular complexity index is 386. The van der Waals surface area contributed by atoms with Crippen molar-refractivity contribution in [1.82, 2.24) is 4.90 Å². The molecule has 0 saturated carbocycles. The Kier molecular flexibility index (Phi) is 3.48. The van der Waals surface area contributed by atoms with E-state index in [2.05, 4.69) is 17.9 Å². The molecule has 2 heteroatoms. The van der Waals surface area contributed by atoms with Crippen molar-refractivity contribution in [2.24, 2.45) is 0 Å². The number of ether oxygens (including phenoxy) is 1. The number of nitrogens with zero attached hydrogens (tertiary/aromatic N) is 1. The molecule has 0 amide bonds. The Hall–Kier alpha value is -1.46. The van der Waals surface area contributed by atoms with Crippen LogP contribution in [0.25, 0.3) is 0 Å². The van der Waals surface area contributed by atoms with Gasteiger partial charge < -0.3 is 9.64 Å². The van der Waals surface area contributed by atoms with E-state index in [-0.39, 0.29) is 0 Å². The number of piperidine rings is 1. The highest BCUT2D eigenvalue weighted by atomic mass is 16.5. The minimum Gasteiger partial charge on any atom is -0.490 e. The van der Waals surface area contributed by atoms with E-state index in [4.69, 9.17) is 11.2 Å². The van der Waals surface area contributed by atoms with Crippen LogP contribution < -0.4 is 4.74 Å². The van der Waals surface area contributed by atoms with Gasteiger partial charge in [-0.25, -0.2) is 0 Å². The smallest absolute Gasteiger partial charge is 0.120 e. The van der Waals surface area contributed by atoms with Crippen LogP contribution in [0, 0.1) is 12.3 Å². The fourth-order valence-electron chi connectivity index (χ4n) is 1.94. The van der Waals surface area contributed by atoms with Crippen molar-refractivity contribution in [1.29, 1.82) is 0 Å². The van der Waals surface area contributed by atoms with Gasteiger partial charge in [-0.15, -0.1) is 0 Å². The molecule has 1 heterocycles. The molecule has 83 valence electrons. The number of hydrogen-bond acceptors (Lipinski definition) is 2. The first-order valence-corrected chi connectivity index (χ1v) is 5.66. The van der Waals surface area contributed by atoms with E-state index in [1.54, 1.807) is 0 Å². The van der Waals surface area contributed by atoms with E-state index < -0.39 is 0 Å². The number of likely N-dealkylation sites (tertiary alicyclic amines) is 1. The lowest BCUT2D eigenvalue weighted by Crippen LogP contribution is -2.35. The summed E-state index contributed by atoms with van der Waals surface area (Å²) in [6.45, 7) is 2.20. The summed E-state index contributed by atoms with van der Waals surface area (Å²) in [6.07, 6.45) is 9.55. The Morgan fingerprint density at radius 3 is 2.81 bits per heavy atom. The summed E-state index contributed by atoms with van der Waals surface area (Å²) in [4.78, 5) is 2.32. The summed E-state index contributed by atoms with van der Waals surface area (Å²) in [6, 6.07) is 7.57. The van der Waals surface area contributed by atoms with Gasteiger partial charge in [0.1, 0.15) is 11.9 Å². The molecule has 0 atom stereocenters. The number of rotatable bonds is 2. The van der Waals surface area contributed by atoms with Gasteiger partial charge in [0.25, 0.3) is 0 Å². The standard InChI is InChI=1S/C14H16NO/c1-3-12-5-4-6-14(11-12)16-13-7-9-15(2)10-8-13/h4-6,11,13H,7-10H2,2H3. The van der Waals surface area contributed by atoms with Crippen molar-refractivity contribution in [3.63, 3.8) is 0 Å². The Morgan fingerprint density at radius 1 is 1.38 bits per heavy atom. The van der Waals surface area contributed by atoms with E-state index in [9.17, 15) is 0 Å². The third-order valence-electron chi connectivity index (χ3n) is 2.95. The van der Waals surface area contributed by atoms with E-state index in [1.165, 1.54) is 0 Å². The first-order valence-electron chi connectivity index (χ1n) is 5.66. The number of hydrogen-bond donors (Lipinski definition) is 0. The minimum absolute atomic E-state index is 0.317. The zero-order valence-corrected chi connectivity index (χ0v) is 9.57. The molecule has 1 aromatic rings. The summed E-state index contributed by atoms with van der Waals surface area (Å²) in [5, 5.41) is 0. The number of benzene rings is 1. The van der Waals surface area contributed by atoms with Gasteiger partial charge >= 0.3 is 0 Å². The molecule has 16 heavy (non-hydrogen) atoms. The van der Waals surface area contributed by atoms with Crippen LogP contribution in [0.3, 0.4) is 0 Å². The molecular formula is C14H16NO. The lowest BCUT2D eigenvalue weighted by Gasteiger charge is -2.29. The maximum atomic E-state index is 7.07. The maximum absolute atomic E-state index is 7.07. The van der Waals surface area contributed by atoms with Crippen molar-refractivity contribution in [3.8, 4) is 11.7 Å². The predicted molar refractivity (Wildman–Crippen MR) is 63.8 cm³/mol. The van der Waals surface area contributed by atoms with Gasteiger partial charge in [-0.2, -0.15) is 0 Å². The average molecular weight is 214 g/mol. The third kappa shape index (κ3) is 2.77. The van der Waals surface area contributed by atoms with Crippen LogP contribution >= 0.6 is 0 Å². The normalized spacial score (nSPS) is 18.0. The van der Waals surface area contributed by atoms with E-state index in [1.807, 2.05) is 24.3 Å². The molecule has 1 saturated heterocycles. The van der Waals surface area contributed by atoms with Gasteiger partial charge in [0.05, 0.1) is 0 Å². The van der Waals surface area contributed by atoms with Gasteiger partial charge in [-0.1, -0.05) is 12.0 Å². The molecule has 1 fully saturated rings. The molecule has 0 unspecified atom stereocenters. The van der Waals surface area contributed by atoms with Crippen molar-refractivity contribution in [3.05, 3.63) is 36.3 Å². The molecule has 1 aromatic carbocycles. The SMILES string of the molecule is [C]#Cc1cccc(OC2CCN(C)CC2)c1. The fourth-order valence-corrected chi connectivity index (χ4v) is 1.94. The topological polar surface area (TPSA) is 12.5 Å². The van der Waals surface area contributed by atoms with Crippen LogP contribution in [-0.4, -0.2) is 31.1 Å². The highest BCUT2D eigenvalue weighted by molar-refractivity contribution is 5.37. The lowest BCUT2D eigenvalue weighted by atomic mass is 10.1. The molecule has 0 aliphatic carbocycles. The summed E-state index contributed by atoms with van der Waals surface area (Å²) in [7, 11) is 2.14. The fraction of sp³-hybridized carbons (Fsp3) is 0.429. The summed E-state index contributed by atoms with van der Waals surface area (Å²) >= 11 is 0. The van der Waals surface area contributed by atoms with Gasteiger partial charge in [0, 0.05) is 18.7 Å². The van der Waals surface area contributed by atoms with Crippen molar-refractivity contribution in [2.45, 2.75) is 18.9 Å². The molecule has 0 N–H and O–H groups in total. The highest BCUT2D eigenvalue weighted by Crippen LogP contribution is 2.19. The molecule has 2 rings (SSSR count). The molecule has 1 aliphatic heterocycles. The van der Waals surface area contributed by atoms with Crippen LogP contribution in [0.15, 0.2) is 24.3 Å². The van der Waals surface area contributed by atoms with Crippen LogP contribution in [-0.2, 0) is 0 Å². The minimum atomic E-state index is 0.317. The quantitative estimate of drug-likeness (QED) is 0.699. The summed E-state index contributed by atoms with van der Waals surface area (Å²) in [5.74, 6) is 3.23. The first-order chi connectivity index (χ1) is 7.78. The van der Waals surface area contributed by atoms with Crippen molar-refractivity contribution < 1.29 is 4.74 Å². The summed E-state index contributed by atoms with van der Waals surface area (Å²) in [5.41, 5.74) is 0.769. The molecule has 1 aliphatic rings. The van der Waals surface area contributed by atoms with Gasteiger partial charge in [0.2, 0.25) is 0 Å². The highest BCUT2D eigenvalue weighted by Gasteiger charge is 2.17. The second kappa shape index (κ2) is 5.05. The Labute approximate surface area is 97.2 Å². The maximum Gasteiger partial charge on any atom is 0.120 e. The average Bonchev–Trinajstić information content (AvgIpc) is 2.32. The zero-order chi connectivity index (χ0) is 11.4. The molecule has 0 aromatic heterocycles. The van der Waals surface area contributed by atoms with Gasteiger partial charge in [0.15, 0.2) is 0 Å². The monoisotopic (exact) mass is 214 g/mol. The molecule has 0 spiro atoms. The van der Waals surface area contributed by atoms with E-state index in [0.29, 0.717) is 6.10 Å². The molecule has 1 radical (unpaired) electrons. The lowest BCUT2D eigenvalue weighted by molar-refractivity contribution is 0.114. The Balaban J connectivity index is 1.96. The van der Waals surface area contributed by atoms with Gasteiger partial charge in [-0.3, -0.25) is 0 Å². The van der Waals surface area contributed by atoms with Gasteiger partial charge in [-0.05, 0) is 44.5 Å². The second-order valence-electron chi connectivity index (χ2n) is 4.27. The van der Waals surface area contributed by atoms with Crippen LogP contribution in [0.5, 0.6) is 5.75 Å². The molecule has 0 bridgehead atoms. The van der Waals surface area contributed by atoms with E-state index in [0.717, 1.165) is 37.2 Å². The predicted octanol–water partition coefficient (Wildman–Crippen LogP) is 2.10. The van der Waals surface area contributed by atoms with Crippen LogP contribution in [0.4, 0.5) is 0 Å². The largest absolute Gasteiger partial charge is 0.490 e. The first kappa shape index (κ1) is 11.0. The van der Waals surface area contributed by atoms with Crippen LogP contribution in [0.2, 0.25) is 0 Å².